The Hall–Kier alpha value is -1.81. The van der Waals surface area contributed by atoms with Crippen LogP contribution in [0.25, 0.3) is 21.7 Å². The van der Waals surface area contributed by atoms with Gasteiger partial charge in [0.05, 0.1) is 20.9 Å². The Balaban J connectivity index is 2.25. The first-order valence-corrected chi connectivity index (χ1v) is 6.69. The van der Waals surface area contributed by atoms with E-state index < -0.39 is 0 Å². The van der Waals surface area contributed by atoms with Crippen molar-refractivity contribution in [2.45, 2.75) is 20.8 Å². The minimum atomic E-state index is 0.829. The van der Waals surface area contributed by atoms with Gasteiger partial charge in [0.1, 0.15) is 5.82 Å². The van der Waals surface area contributed by atoms with E-state index in [2.05, 4.69) is 37.9 Å². The van der Waals surface area contributed by atoms with E-state index in [0.717, 1.165) is 26.7 Å². The fourth-order valence-electron chi connectivity index (χ4n) is 2.32. The smallest absolute Gasteiger partial charge is 0.148 e. The number of anilines is 1. The Kier molecular flexibility index (Phi) is 2.41. The third-order valence-electron chi connectivity index (χ3n) is 3.07. The van der Waals surface area contributed by atoms with Crippen LogP contribution in [0.4, 0.5) is 5.00 Å². The molecule has 0 aliphatic rings. The number of nitrogens with one attached hydrogen (secondary N) is 1. The number of imidazole rings is 1. The maximum absolute atomic E-state index is 5.84. The highest BCUT2D eigenvalue weighted by molar-refractivity contribution is 7.19. The fraction of sp³-hybridized carbons (Fsp3) is 0.214. The molecule has 18 heavy (non-hydrogen) atoms. The van der Waals surface area contributed by atoms with E-state index in [4.69, 9.17) is 10.7 Å². The second-order valence-corrected chi connectivity index (χ2v) is 5.81. The Morgan fingerprint density at radius 1 is 1.11 bits per heavy atom. The van der Waals surface area contributed by atoms with Gasteiger partial charge in [-0.3, -0.25) is 0 Å². The molecule has 3 rings (SSSR count). The highest BCUT2D eigenvalue weighted by atomic mass is 32.1. The van der Waals surface area contributed by atoms with Gasteiger partial charge >= 0.3 is 0 Å². The van der Waals surface area contributed by atoms with Crippen molar-refractivity contribution in [1.82, 2.24) is 9.97 Å². The SMILES string of the molecule is Cc1cc(C)c2nc(-c3sc(N)cc3C)[nH]c2c1. The molecule has 0 bridgehead atoms. The van der Waals surface area contributed by atoms with Crippen LogP contribution in [-0.4, -0.2) is 9.97 Å². The lowest BCUT2D eigenvalue weighted by Gasteiger charge is -1.96. The van der Waals surface area contributed by atoms with Gasteiger partial charge in [-0.05, 0) is 49.6 Å². The molecule has 0 radical (unpaired) electrons. The second kappa shape index (κ2) is 3.85. The van der Waals surface area contributed by atoms with Crippen molar-refractivity contribution >= 4 is 27.4 Å². The zero-order valence-electron chi connectivity index (χ0n) is 10.7. The number of aromatic amines is 1. The summed E-state index contributed by atoms with van der Waals surface area (Å²) in [7, 11) is 0. The quantitative estimate of drug-likeness (QED) is 0.696. The highest BCUT2D eigenvalue weighted by Crippen LogP contribution is 2.33. The average molecular weight is 257 g/mol. The molecule has 0 fully saturated rings. The lowest BCUT2D eigenvalue weighted by Crippen LogP contribution is -1.79. The monoisotopic (exact) mass is 257 g/mol. The number of hydrogen-bond donors (Lipinski definition) is 2. The molecule has 0 saturated heterocycles. The second-order valence-electron chi connectivity index (χ2n) is 4.72. The number of hydrogen-bond acceptors (Lipinski definition) is 3. The Morgan fingerprint density at radius 2 is 1.89 bits per heavy atom. The lowest BCUT2D eigenvalue weighted by molar-refractivity contribution is 1.33. The van der Waals surface area contributed by atoms with E-state index in [0.29, 0.717) is 0 Å². The molecular formula is C14H15N3S. The molecule has 2 heterocycles. The number of nitrogens with two attached hydrogens (primary N) is 1. The van der Waals surface area contributed by atoms with Crippen molar-refractivity contribution in [1.29, 1.82) is 0 Å². The summed E-state index contributed by atoms with van der Waals surface area (Å²) in [4.78, 5) is 9.21. The Bertz CT molecular complexity index is 737. The number of nitrogens with zero attached hydrogens (tertiary/aromatic N) is 1. The predicted molar refractivity (Wildman–Crippen MR) is 78.0 cm³/mol. The molecule has 0 unspecified atom stereocenters. The third-order valence-corrected chi connectivity index (χ3v) is 4.15. The van der Waals surface area contributed by atoms with Gasteiger partial charge in [-0.25, -0.2) is 4.98 Å². The molecule has 0 aliphatic heterocycles. The van der Waals surface area contributed by atoms with Crippen LogP contribution in [0.5, 0.6) is 0 Å². The van der Waals surface area contributed by atoms with Gasteiger partial charge in [-0.1, -0.05) is 6.07 Å². The van der Waals surface area contributed by atoms with Gasteiger partial charge < -0.3 is 10.7 Å². The summed E-state index contributed by atoms with van der Waals surface area (Å²) in [5, 5.41) is 0.829. The van der Waals surface area contributed by atoms with Crippen molar-refractivity contribution in [3.05, 3.63) is 34.9 Å². The maximum Gasteiger partial charge on any atom is 0.148 e. The summed E-state index contributed by atoms with van der Waals surface area (Å²) >= 11 is 1.58. The van der Waals surface area contributed by atoms with Crippen LogP contribution in [0, 0.1) is 20.8 Å². The summed E-state index contributed by atoms with van der Waals surface area (Å²) in [6.45, 7) is 6.25. The predicted octanol–water partition coefficient (Wildman–Crippen LogP) is 3.80. The van der Waals surface area contributed by atoms with Gasteiger partial charge in [0, 0.05) is 0 Å². The van der Waals surface area contributed by atoms with Crippen LogP contribution in [0.1, 0.15) is 16.7 Å². The minimum Gasteiger partial charge on any atom is -0.391 e. The number of fused-ring (bicyclic) bond motifs is 1. The Labute approximate surface area is 110 Å². The largest absolute Gasteiger partial charge is 0.391 e. The number of nitrogen functional groups attached to an aromatic ring is 1. The van der Waals surface area contributed by atoms with Gasteiger partial charge in [0.25, 0.3) is 0 Å². The van der Waals surface area contributed by atoms with E-state index in [1.807, 2.05) is 6.07 Å². The van der Waals surface area contributed by atoms with E-state index in [9.17, 15) is 0 Å². The van der Waals surface area contributed by atoms with Crippen molar-refractivity contribution in [3.8, 4) is 10.7 Å². The van der Waals surface area contributed by atoms with Gasteiger partial charge in [0.2, 0.25) is 0 Å². The molecular weight excluding hydrogens is 242 g/mol. The molecule has 4 heteroatoms. The summed E-state index contributed by atoms with van der Waals surface area (Å²) < 4.78 is 0. The number of rotatable bonds is 1. The standard InChI is InChI=1S/C14H15N3S/c1-7-4-8(2)12-10(5-7)16-14(17-12)13-9(3)6-11(15)18-13/h4-6H,15H2,1-3H3,(H,16,17). The molecule has 92 valence electrons. The van der Waals surface area contributed by atoms with E-state index in [-0.39, 0.29) is 0 Å². The molecule has 0 aliphatic carbocycles. The molecule has 2 aromatic heterocycles. The summed E-state index contributed by atoms with van der Waals surface area (Å²) in [5.41, 5.74) is 11.6. The van der Waals surface area contributed by atoms with Crippen LogP contribution in [-0.2, 0) is 0 Å². The maximum atomic E-state index is 5.84. The van der Waals surface area contributed by atoms with E-state index in [1.54, 1.807) is 11.3 Å². The molecule has 0 spiro atoms. The molecule has 0 atom stereocenters. The summed E-state index contributed by atoms with van der Waals surface area (Å²) in [5.74, 6) is 0.915. The van der Waals surface area contributed by atoms with Crippen LogP contribution in [0.15, 0.2) is 18.2 Å². The molecule has 0 saturated carbocycles. The normalized spacial score (nSPS) is 11.3. The van der Waals surface area contributed by atoms with Crippen molar-refractivity contribution in [2.24, 2.45) is 0 Å². The van der Waals surface area contributed by atoms with Crippen LogP contribution in [0.3, 0.4) is 0 Å². The van der Waals surface area contributed by atoms with Gasteiger partial charge in [0.15, 0.2) is 0 Å². The molecule has 3 N–H and O–H groups in total. The molecule has 3 nitrogen and oxygen atoms in total. The van der Waals surface area contributed by atoms with Crippen molar-refractivity contribution < 1.29 is 0 Å². The lowest BCUT2D eigenvalue weighted by atomic mass is 10.1. The van der Waals surface area contributed by atoms with Crippen LogP contribution < -0.4 is 5.73 Å². The minimum absolute atomic E-state index is 0.829. The van der Waals surface area contributed by atoms with Crippen molar-refractivity contribution in [2.75, 3.05) is 5.73 Å². The van der Waals surface area contributed by atoms with Gasteiger partial charge in [-0.15, -0.1) is 11.3 Å². The highest BCUT2D eigenvalue weighted by Gasteiger charge is 2.12. The Morgan fingerprint density at radius 3 is 2.56 bits per heavy atom. The molecule has 1 aromatic carbocycles. The summed E-state index contributed by atoms with van der Waals surface area (Å²) in [6.07, 6.45) is 0. The third kappa shape index (κ3) is 1.69. The van der Waals surface area contributed by atoms with Gasteiger partial charge in [-0.2, -0.15) is 0 Å². The summed E-state index contributed by atoms with van der Waals surface area (Å²) in [6, 6.07) is 6.28. The number of H-pyrrole nitrogens is 1. The topological polar surface area (TPSA) is 54.7 Å². The van der Waals surface area contributed by atoms with Crippen molar-refractivity contribution in [3.63, 3.8) is 0 Å². The van der Waals surface area contributed by atoms with Crippen LogP contribution in [0.2, 0.25) is 0 Å². The first-order valence-electron chi connectivity index (χ1n) is 5.88. The van der Waals surface area contributed by atoms with E-state index in [1.165, 1.54) is 16.7 Å². The van der Waals surface area contributed by atoms with E-state index >= 15 is 0 Å². The number of aromatic nitrogens is 2. The zero-order chi connectivity index (χ0) is 12.9. The molecule has 3 aromatic rings. The number of aryl methyl sites for hydroxylation is 3. The van der Waals surface area contributed by atoms with Crippen LogP contribution >= 0.6 is 11.3 Å². The first-order chi connectivity index (χ1) is 8.54. The number of thiophene rings is 1. The number of benzene rings is 1. The first kappa shape index (κ1) is 11.3. The average Bonchev–Trinajstić information content (AvgIpc) is 2.81. The molecule has 0 amide bonds. The fourth-order valence-corrected chi connectivity index (χ4v) is 3.21. The zero-order valence-corrected chi connectivity index (χ0v) is 11.5.